The van der Waals surface area contributed by atoms with Crippen LogP contribution in [0.3, 0.4) is 0 Å². The van der Waals surface area contributed by atoms with E-state index in [0.717, 1.165) is 26.2 Å². The molecule has 0 spiro atoms. The molecule has 0 amide bonds. The van der Waals surface area contributed by atoms with Crippen molar-refractivity contribution in [2.45, 2.75) is 39.6 Å². The minimum Gasteiger partial charge on any atom is -0.433 e. The number of ether oxygens (including phenoxy) is 1. The lowest BCUT2D eigenvalue weighted by molar-refractivity contribution is -0.200. The zero-order valence-corrected chi connectivity index (χ0v) is 11.1. The fraction of sp³-hybridized carbons (Fsp3) is 0.917. The fourth-order valence-corrected chi connectivity index (χ4v) is 1.82. The summed E-state index contributed by atoms with van der Waals surface area (Å²) in [4.78, 5) is 16.4. The van der Waals surface area contributed by atoms with Crippen LogP contribution in [0.2, 0.25) is 0 Å². The standard InChI is InChI=1S/C12H22N2O3/c1-11(2,3)9(15)17-10(16)12(4,13-5-6-13)14-7-8-14/h9,15H,5-8H2,1-4H3. The predicted octanol–water partition coefficient (Wildman–Crippen LogP) is 0.242. The van der Waals surface area contributed by atoms with Gasteiger partial charge in [-0.2, -0.15) is 0 Å². The van der Waals surface area contributed by atoms with E-state index < -0.39 is 17.4 Å². The summed E-state index contributed by atoms with van der Waals surface area (Å²) in [5.74, 6) is -0.338. The van der Waals surface area contributed by atoms with Crippen LogP contribution in [0.1, 0.15) is 27.7 Å². The van der Waals surface area contributed by atoms with Gasteiger partial charge in [0.15, 0.2) is 5.66 Å². The van der Waals surface area contributed by atoms with E-state index >= 15 is 0 Å². The highest BCUT2D eigenvalue weighted by molar-refractivity contribution is 5.80. The highest BCUT2D eigenvalue weighted by atomic mass is 16.6. The first-order valence-electron chi connectivity index (χ1n) is 6.15. The summed E-state index contributed by atoms with van der Waals surface area (Å²) in [7, 11) is 0. The zero-order chi connectivity index (χ0) is 12.8. The molecule has 0 aliphatic carbocycles. The lowest BCUT2D eigenvalue weighted by Crippen LogP contribution is -2.53. The second-order valence-corrected chi connectivity index (χ2v) is 6.12. The topological polar surface area (TPSA) is 52.5 Å². The van der Waals surface area contributed by atoms with Gasteiger partial charge in [0.25, 0.3) is 0 Å². The molecular formula is C12H22N2O3. The van der Waals surface area contributed by atoms with Crippen molar-refractivity contribution in [1.82, 2.24) is 9.80 Å². The maximum Gasteiger partial charge on any atom is 0.343 e. The Balaban J connectivity index is 2.02. The Morgan fingerprint density at radius 1 is 1.12 bits per heavy atom. The molecule has 1 atom stereocenters. The van der Waals surface area contributed by atoms with Crippen LogP contribution in [0.4, 0.5) is 0 Å². The Bertz CT molecular complexity index is 304. The van der Waals surface area contributed by atoms with Crippen LogP contribution in [-0.4, -0.2) is 59.0 Å². The SMILES string of the molecule is CC(C)(C)C(O)OC(=O)C(C)(N1CC1)N1CC1. The summed E-state index contributed by atoms with van der Waals surface area (Å²) in [6, 6.07) is 0. The molecule has 5 nitrogen and oxygen atoms in total. The number of carbonyl (C=O) groups excluding carboxylic acids is 1. The van der Waals surface area contributed by atoms with Gasteiger partial charge in [-0.15, -0.1) is 0 Å². The van der Waals surface area contributed by atoms with Gasteiger partial charge in [-0.1, -0.05) is 20.8 Å². The summed E-state index contributed by atoms with van der Waals surface area (Å²) >= 11 is 0. The van der Waals surface area contributed by atoms with E-state index in [1.807, 2.05) is 27.7 Å². The number of esters is 1. The van der Waals surface area contributed by atoms with Gasteiger partial charge in [0.1, 0.15) is 0 Å². The average molecular weight is 242 g/mol. The number of aliphatic hydroxyl groups excluding tert-OH is 1. The second-order valence-electron chi connectivity index (χ2n) is 6.12. The summed E-state index contributed by atoms with van der Waals surface area (Å²) in [5, 5.41) is 9.84. The number of nitrogens with zero attached hydrogens (tertiary/aromatic N) is 2. The van der Waals surface area contributed by atoms with E-state index in [-0.39, 0.29) is 5.97 Å². The second kappa shape index (κ2) is 3.93. The van der Waals surface area contributed by atoms with Crippen LogP contribution >= 0.6 is 0 Å². The van der Waals surface area contributed by atoms with Gasteiger partial charge in [-0.05, 0) is 6.92 Å². The Labute approximate surface area is 102 Å². The molecule has 0 aromatic heterocycles. The van der Waals surface area contributed by atoms with Gasteiger partial charge in [-0.3, -0.25) is 9.80 Å². The molecule has 1 unspecified atom stereocenters. The normalized spacial score (nSPS) is 23.4. The number of hydrogen-bond donors (Lipinski definition) is 1. The molecule has 0 bridgehead atoms. The molecule has 0 aromatic rings. The van der Waals surface area contributed by atoms with Gasteiger partial charge in [0, 0.05) is 31.6 Å². The molecule has 2 rings (SSSR count). The van der Waals surface area contributed by atoms with E-state index in [4.69, 9.17) is 4.74 Å². The fourth-order valence-electron chi connectivity index (χ4n) is 1.82. The minimum atomic E-state index is -1.06. The first-order valence-corrected chi connectivity index (χ1v) is 6.15. The maximum atomic E-state index is 12.2. The average Bonchev–Trinajstić information content (AvgIpc) is 3.02. The first kappa shape index (κ1) is 12.8. The third kappa shape index (κ3) is 2.46. The van der Waals surface area contributed by atoms with Crippen molar-refractivity contribution in [3.8, 4) is 0 Å². The minimum absolute atomic E-state index is 0.338. The van der Waals surface area contributed by atoms with Gasteiger partial charge < -0.3 is 9.84 Å². The third-order valence-electron chi connectivity index (χ3n) is 3.47. The number of carbonyl (C=O) groups is 1. The number of aliphatic hydroxyl groups is 1. The summed E-state index contributed by atoms with van der Waals surface area (Å²) in [5.41, 5.74) is -1.12. The van der Waals surface area contributed by atoms with Crippen LogP contribution in [-0.2, 0) is 9.53 Å². The lowest BCUT2D eigenvalue weighted by Gasteiger charge is -2.33. The first-order chi connectivity index (χ1) is 7.76. The molecule has 98 valence electrons. The largest absolute Gasteiger partial charge is 0.433 e. The molecule has 2 heterocycles. The van der Waals surface area contributed by atoms with Crippen LogP contribution in [0.5, 0.6) is 0 Å². The molecular weight excluding hydrogens is 220 g/mol. The summed E-state index contributed by atoms with van der Waals surface area (Å²) in [6.45, 7) is 11.1. The lowest BCUT2D eigenvalue weighted by atomic mass is 9.96. The Morgan fingerprint density at radius 3 is 1.82 bits per heavy atom. The molecule has 5 heteroatoms. The van der Waals surface area contributed by atoms with Gasteiger partial charge in [0.2, 0.25) is 6.29 Å². The van der Waals surface area contributed by atoms with E-state index in [1.165, 1.54) is 0 Å². The molecule has 2 saturated heterocycles. The van der Waals surface area contributed by atoms with Crippen molar-refractivity contribution in [2.24, 2.45) is 5.41 Å². The van der Waals surface area contributed by atoms with Crippen molar-refractivity contribution in [3.63, 3.8) is 0 Å². The van der Waals surface area contributed by atoms with Gasteiger partial charge in [-0.25, -0.2) is 4.79 Å². The van der Waals surface area contributed by atoms with Crippen LogP contribution < -0.4 is 0 Å². The van der Waals surface area contributed by atoms with E-state index in [2.05, 4.69) is 9.80 Å². The van der Waals surface area contributed by atoms with Crippen molar-refractivity contribution in [2.75, 3.05) is 26.2 Å². The van der Waals surface area contributed by atoms with E-state index in [9.17, 15) is 9.90 Å². The van der Waals surface area contributed by atoms with Gasteiger partial charge >= 0.3 is 5.97 Å². The number of rotatable bonds is 4. The molecule has 2 fully saturated rings. The van der Waals surface area contributed by atoms with Crippen molar-refractivity contribution >= 4 is 5.97 Å². The zero-order valence-electron chi connectivity index (χ0n) is 11.1. The molecule has 2 aliphatic heterocycles. The van der Waals surface area contributed by atoms with Crippen LogP contribution in [0.15, 0.2) is 0 Å². The molecule has 17 heavy (non-hydrogen) atoms. The molecule has 2 aliphatic rings. The van der Waals surface area contributed by atoms with Crippen molar-refractivity contribution < 1.29 is 14.6 Å². The highest BCUT2D eigenvalue weighted by Gasteiger charge is 2.55. The Hall–Kier alpha value is -0.650. The predicted molar refractivity (Wildman–Crippen MR) is 63.1 cm³/mol. The highest BCUT2D eigenvalue weighted by Crippen LogP contribution is 2.34. The smallest absolute Gasteiger partial charge is 0.343 e. The molecule has 0 saturated carbocycles. The summed E-state index contributed by atoms with van der Waals surface area (Å²) in [6.07, 6.45) is -1.06. The molecule has 1 N–H and O–H groups in total. The van der Waals surface area contributed by atoms with Crippen molar-refractivity contribution in [3.05, 3.63) is 0 Å². The Morgan fingerprint density at radius 2 is 1.53 bits per heavy atom. The quantitative estimate of drug-likeness (QED) is 0.435. The summed E-state index contributed by atoms with van der Waals surface area (Å²) < 4.78 is 5.22. The third-order valence-corrected chi connectivity index (χ3v) is 3.47. The monoisotopic (exact) mass is 242 g/mol. The maximum absolute atomic E-state index is 12.2. The van der Waals surface area contributed by atoms with Gasteiger partial charge in [0.05, 0.1) is 0 Å². The van der Waals surface area contributed by atoms with E-state index in [0.29, 0.717) is 0 Å². The number of hydrogen-bond acceptors (Lipinski definition) is 5. The van der Waals surface area contributed by atoms with Crippen LogP contribution in [0, 0.1) is 5.41 Å². The van der Waals surface area contributed by atoms with Crippen molar-refractivity contribution in [1.29, 1.82) is 0 Å². The Kier molecular flexibility index (Phi) is 2.96. The molecule has 0 aromatic carbocycles. The van der Waals surface area contributed by atoms with Crippen LogP contribution in [0.25, 0.3) is 0 Å². The van der Waals surface area contributed by atoms with E-state index in [1.54, 1.807) is 0 Å². The molecule has 0 radical (unpaired) electrons.